The number of hydrogen-bond acceptors (Lipinski definition) is 5. The van der Waals surface area contributed by atoms with Crippen molar-refractivity contribution >= 4 is 6.09 Å². The first-order valence-corrected chi connectivity index (χ1v) is 11.7. The Bertz CT molecular complexity index is 1210. The summed E-state index contributed by atoms with van der Waals surface area (Å²) in [6, 6.07) is 12.4. The Morgan fingerprint density at radius 2 is 1.88 bits per heavy atom. The van der Waals surface area contributed by atoms with Gasteiger partial charge in [0.1, 0.15) is 23.8 Å². The van der Waals surface area contributed by atoms with Crippen LogP contribution in [0.25, 0.3) is 11.3 Å². The van der Waals surface area contributed by atoms with Crippen molar-refractivity contribution in [3.8, 4) is 17.0 Å². The van der Waals surface area contributed by atoms with E-state index in [0.29, 0.717) is 19.7 Å². The monoisotopic (exact) mass is 459 g/mol. The Morgan fingerprint density at radius 3 is 2.62 bits per heavy atom. The minimum atomic E-state index is -0.494. The number of carbonyl (C=O) groups is 1. The van der Waals surface area contributed by atoms with Crippen molar-refractivity contribution in [2.75, 3.05) is 6.54 Å². The summed E-state index contributed by atoms with van der Waals surface area (Å²) in [6.07, 6.45) is 2.33. The Balaban J connectivity index is 1.52. The summed E-state index contributed by atoms with van der Waals surface area (Å²) in [7, 11) is 0. The van der Waals surface area contributed by atoms with Gasteiger partial charge in [0.05, 0.1) is 5.69 Å². The van der Waals surface area contributed by atoms with Crippen LogP contribution in [0, 0.1) is 20.8 Å². The molecule has 0 radical (unpaired) electrons. The van der Waals surface area contributed by atoms with E-state index in [4.69, 9.17) is 9.47 Å². The molecule has 4 rings (SSSR count). The topological polar surface area (TPSA) is 64.5 Å². The maximum atomic E-state index is 12.5. The van der Waals surface area contributed by atoms with Gasteiger partial charge in [-0.25, -0.2) is 14.8 Å². The molecule has 0 saturated heterocycles. The van der Waals surface area contributed by atoms with E-state index in [1.54, 1.807) is 11.1 Å². The molecule has 0 saturated carbocycles. The van der Waals surface area contributed by atoms with Gasteiger partial charge in [-0.2, -0.15) is 0 Å². The fraction of sp³-hybridized carbons (Fsp3) is 0.393. The van der Waals surface area contributed by atoms with Crippen molar-refractivity contribution in [3.63, 3.8) is 0 Å². The average molecular weight is 460 g/mol. The number of fused-ring (bicyclic) bond motifs is 1. The van der Waals surface area contributed by atoms with E-state index in [0.717, 1.165) is 40.4 Å². The lowest BCUT2D eigenvalue weighted by Crippen LogP contribution is -2.40. The average Bonchev–Trinajstić information content (AvgIpc) is 2.77. The zero-order valence-electron chi connectivity index (χ0n) is 20.9. The third-order valence-corrected chi connectivity index (χ3v) is 5.92. The van der Waals surface area contributed by atoms with E-state index in [9.17, 15) is 4.79 Å². The van der Waals surface area contributed by atoms with Gasteiger partial charge in [-0.3, -0.25) is 0 Å². The van der Waals surface area contributed by atoms with E-state index >= 15 is 0 Å². The molecule has 2 aromatic carbocycles. The van der Waals surface area contributed by atoms with Gasteiger partial charge in [0.2, 0.25) is 0 Å². The quantitative estimate of drug-likeness (QED) is 0.483. The molecule has 1 aliphatic heterocycles. The molecule has 1 aliphatic rings. The number of para-hydroxylation sites is 1. The molecule has 6 nitrogen and oxygen atoms in total. The maximum Gasteiger partial charge on any atom is 0.410 e. The molecule has 0 spiro atoms. The van der Waals surface area contributed by atoms with Crippen molar-refractivity contribution in [2.45, 2.75) is 66.7 Å². The smallest absolute Gasteiger partial charge is 0.410 e. The third-order valence-electron chi connectivity index (χ3n) is 5.92. The first-order valence-electron chi connectivity index (χ1n) is 11.7. The van der Waals surface area contributed by atoms with E-state index in [-0.39, 0.29) is 6.09 Å². The molecular formula is C28H33N3O3. The highest BCUT2D eigenvalue weighted by Gasteiger charge is 2.26. The van der Waals surface area contributed by atoms with Gasteiger partial charge in [0, 0.05) is 24.8 Å². The first kappa shape index (κ1) is 23.7. The van der Waals surface area contributed by atoms with E-state index in [2.05, 4.69) is 42.0 Å². The summed E-state index contributed by atoms with van der Waals surface area (Å²) in [5.74, 6) is 1.57. The summed E-state index contributed by atoms with van der Waals surface area (Å²) in [5.41, 5.74) is 7.16. The highest BCUT2D eigenvalue weighted by atomic mass is 16.6. The predicted molar refractivity (Wildman–Crippen MR) is 133 cm³/mol. The van der Waals surface area contributed by atoms with Gasteiger partial charge < -0.3 is 14.4 Å². The Morgan fingerprint density at radius 1 is 1.09 bits per heavy atom. The lowest BCUT2D eigenvalue weighted by atomic mass is 9.93. The van der Waals surface area contributed by atoms with Crippen molar-refractivity contribution in [1.82, 2.24) is 14.9 Å². The molecule has 3 aromatic rings. The molecule has 0 fully saturated rings. The van der Waals surface area contributed by atoms with Crippen molar-refractivity contribution in [2.24, 2.45) is 0 Å². The molecule has 0 bridgehead atoms. The molecule has 34 heavy (non-hydrogen) atoms. The summed E-state index contributed by atoms with van der Waals surface area (Å²) >= 11 is 0. The molecule has 1 aromatic heterocycles. The number of ether oxygens (including phenoxy) is 2. The lowest BCUT2D eigenvalue weighted by Gasteiger charge is -2.32. The Hall–Kier alpha value is -3.41. The molecule has 0 N–H and O–H groups in total. The van der Waals surface area contributed by atoms with Crippen LogP contribution >= 0.6 is 0 Å². The number of aromatic nitrogens is 2. The minimum Gasteiger partial charge on any atom is -0.488 e. The second-order valence-electron chi connectivity index (χ2n) is 9.93. The molecule has 0 unspecified atom stereocenters. The molecule has 0 atom stereocenters. The van der Waals surface area contributed by atoms with Crippen LogP contribution in [0.1, 0.15) is 54.4 Å². The number of nitrogens with zero attached hydrogens (tertiary/aromatic N) is 3. The summed E-state index contributed by atoms with van der Waals surface area (Å²) in [4.78, 5) is 23.1. The SMILES string of the molecule is Cc1nccc(-c2cccc(C)c2OCc2cc(C)c3c(c2)CCN(C(=O)OC(C)(C)C)C3)n1. The number of rotatable bonds is 4. The summed E-state index contributed by atoms with van der Waals surface area (Å²) < 4.78 is 11.9. The highest BCUT2D eigenvalue weighted by molar-refractivity contribution is 5.69. The highest BCUT2D eigenvalue weighted by Crippen LogP contribution is 2.33. The summed E-state index contributed by atoms with van der Waals surface area (Å²) in [6.45, 7) is 13.4. The molecule has 6 heteroatoms. The largest absolute Gasteiger partial charge is 0.488 e. The standard InChI is InChI=1S/C28H33N3O3/c1-18-8-7-9-23(25-10-12-29-20(3)30-25)26(18)33-17-21-14-19(2)24-16-31(13-11-22(24)15-21)27(32)34-28(4,5)6/h7-10,12,14-15H,11,13,16-17H2,1-6H3. The van der Waals surface area contributed by atoms with E-state index in [1.165, 1.54) is 16.7 Å². The van der Waals surface area contributed by atoms with Crippen molar-refractivity contribution in [1.29, 1.82) is 0 Å². The van der Waals surface area contributed by atoms with Crippen molar-refractivity contribution in [3.05, 3.63) is 76.2 Å². The van der Waals surface area contributed by atoms with Crippen molar-refractivity contribution < 1.29 is 14.3 Å². The zero-order chi connectivity index (χ0) is 24.5. The van der Waals surface area contributed by atoms with Crippen LogP contribution in [0.3, 0.4) is 0 Å². The van der Waals surface area contributed by atoms with Gasteiger partial charge >= 0.3 is 6.09 Å². The molecular weight excluding hydrogens is 426 g/mol. The predicted octanol–water partition coefficient (Wildman–Crippen LogP) is 5.94. The molecule has 0 aliphatic carbocycles. The van der Waals surface area contributed by atoms with Crippen LogP contribution in [0.2, 0.25) is 0 Å². The number of hydrogen-bond donors (Lipinski definition) is 0. The van der Waals surface area contributed by atoms with Gasteiger partial charge in [0.15, 0.2) is 0 Å². The van der Waals surface area contributed by atoms with E-state index in [1.807, 2.05) is 45.9 Å². The Labute approximate surface area is 202 Å². The Kier molecular flexibility index (Phi) is 6.60. The van der Waals surface area contributed by atoms with Gasteiger partial charge in [-0.05, 0) is 87.9 Å². The van der Waals surface area contributed by atoms with Crippen LogP contribution in [0.5, 0.6) is 5.75 Å². The van der Waals surface area contributed by atoms with Gasteiger partial charge in [-0.15, -0.1) is 0 Å². The zero-order valence-corrected chi connectivity index (χ0v) is 20.9. The van der Waals surface area contributed by atoms with E-state index < -0.39 is 5.60 Å². The fourth-order valence-corrected chi connectivity index (χ4v) is 4.32. The fourth-order valence-electron chi connectivity index (χ4n) is 4.32. The normalized spacial score (nSPS) is 13.4. The third kappa shape index (κ3) is 5.38. The first-order chi connectivity index (χ1) is 16.1. The minimum absolute atomic E-state index is 0.253. The van der Waals surface area contributed by atoms with Gasteiger partial charge in [0.25, 0.3) is 0 Å². The lowest BCUT2D eigenvalue weighted by molar-refractivity contribution is 0.0223. The molecule has 2 heterocycles. The molecule has 178 valence electrons. The molecule has 1 amide bonds. The number of benzene rings is 2. The second kappa shape index (κ2) is 9.45. The summed E-state index contributed by atoms with van der Waals surface area (Å²) in [5, 5.41) is 0. The van der Waals surface area contributed by atoms with Crippen LogP contribution in [0.15, 0.2) is 42.6 Å². The van der Waals surface area contributed by atoms with Crippen LogP contribution < -0.4 is 4.74 Å². The number of carbonyl (C=O) groups excluding carboxylic acids is 1. The second-order valence-corrected chi connectivity index (χ2v) is 9.93. The van der Waals surface area contributed by atoms with Crippen LogP contribution in [-0.2, 0) is 24.3 Å². The number of amides is 1. The van der Waals surface area contributed by atoms with Crippen LogP contribution in [0.4, 0.5) is 4.79 Å². The maximum absolute atomic E-state index is 12.5. The number of aryl methyl sites for hydroxylation is 3. The van der Waals surface area contributed by atoms with Crippen LogP contribution in [-0.4, -0.2) is 33.1 Å². The van der Waals surface area contributed by atoms with Gasteiger partial charge in [-0.1, -0.05) is 24.3 Å².